The molecule has 0 bridgehead atoms. The Morgan fingerprint density at radius 1 is 0.829 bits per heavy atom. The van der Waals surface area contributed by atoms with E-state index in [1.807, 2.05) is 67.7 Å². The first kappa shape index (κ1) is 25.9. The maximum absolute atomic E-state index is 13.7. The number of aromatic nitrogens is 1. The van der Waals surface area contributed by atoms with E-state index in [1.54, 1.807) is 30.3 Å². The maximum atomic E-state index is 13.7. The highest BCUT2D eigenvalue weighted by molar-refractivity contribution is 6.08. The number of amides is 1. The second-order valence-corrected chi connectivity index (χ2v) is 10.0. The van der Waals surface area contributed by atoms with Crippen LogP contribution in [0.4, 0.5) is 0 Å². The van der Waals surface area contributed by atoms with Gasteiger partial charge in [0.25, 0.3) is 5.91 Å². The van der Waals surface area contributed by atoms with Gasteiger partial charge in [0.15, 0.2) is 0 Å². The van der Waals surface area contributed by atoms with Gasteiger partial charge in [-0.2, -0.15) is 0 Å². The van der Waals surface area contributed by atoms with Crippen LogP contribution >= 0.6 is 0 Å². The van der Waals surface area contributed by atoms with E-state index in [9.17, 15) is 14.7 Å². The minimum absolute atomic E-state index is 0.203. The molecule has 1 heterocycles. The van der Waals surface area contributed by atoms with Crippen molar-refractivity contribution in [1.29, 1.82) is 0 Å². The van der Waals surface area contributed by atoms with Gasteiger partial charge in [0.2, 0.25) is 0 Å². The van der Waals surface area contributed by atoms with Crippen molar-refractivity contribution in [3.05, 3.63) is 144 Å². The standard InChI is InChI=1S/C35H28N2O4/c1-23(25-13-15-27(16-14-25)35(39)40)36-34(38)31-17-18-32(41-29-9-3-2-4-10-29)30-19-20-37(33(30)31)22-24-11-12-26-7-5-6-8-28(26)21-24/h2-21,23H,22H2,1H3,(H,36,38)(H,39,40)/t23-/m0/s1. The number of hydrogen-bond donors (Lipinski definition) is 2. The molecule has 5 aromatic carbocycles. The molecule has 6 nitrogen and oxygen atoms in total. The summed E-state index contributed by atoms with van der Waals surface area (Å²) in [6.45, 7) is 2.46. The quantitative estimate of drug-likeness (QED) is 0.206. The highest BCUT2D eigenvalue weighted by Crippen LogP contribution is 2.34. The summed E-state index contributed by atoms with van der Waals surface area (Å²) in [5.41, 5.74) is 3.44. The monoisotopic (exact) mass is 540 g/mol. The van der Waals surface area contributed by atoms with Crippen LogP contribution in [0.1, 0.15) is 44.8 Å². The third-order valence-electron chi connectivity index (χ3n) is 7.27. The molecule has 6 heteroatoms. The van der Waals surface area contributed by atoms with E-state index >= 15 is 0 Å². The number of nitrogens with one attached hydrogen (secondary N) is 1. The number of ether oxygens (including phenoxy) is 1. The summed E-state index contributed by atoms with van der Waals surface area (Å²) in [7, 11) is 0. The fraction of sp³-hybridized carbons (Fsp3) is 0.0857. The molecule has 202 valence electrons. The number of carboxylic acids is 1. The van der Waals surface area contributed by atoms with Gasteiger partial charge in [-0.1, -0.05) is 66.7 Å². The van der Waals surface area contributed by atoms with Crippen molar-refractivity contribution in [1.82, 2.24) is 9.88 Å². The summed E-state index contributed by atoms with van der Waals surface area (Å²) in [5, 5.41) is 15.5. The minimum atomic E-state index is -0.986. The molecule has 6 rings (SSSR count). The van der Waals surface area contributed by atoms with Crippen LogP contribution in [0.15, 0.2) is 121 Å². The fourth-order valence-corrected chi connectivity index (χ4v) is 5.12. The van der Waals surface area contributed by atoms with Crippen LogP contribution < -0.4 is 10.1 Å². The Morgan fingerprint density at radius 2 is 1.56 bits per heavy atom. The summed E-state index contributed by atoms with van der Waals surface area (Å²) in [5.74, 6) is 0.166. The van der Waals surface area contributed by atoms with Gasteiger partial charge in [0.1, 0.15) is 11.5 Å². The van der Waals surface area contributed by atoms with Crippen LogP contribution in [0, 0.1) is 0 Å². The maximum Gasteiger partial charge on any atom is 0.335 e. The Morgan fingerprint density at radius 3 is 2.32 bits per heavy atom. The number of hydrogen-bond acceptors (Lipinski definition) is 3. The summed E-state index contributed by atoms with van der Waals surface area (Å²) >= 11 is 0. The van der Waals surface area contributed by atoms with E-state index in [2.05, 4.69) is 40.2 Å². The summed E-state index contributed by atoms with van der Waals surface area (Å²) < 4.78 is 8.32. The molecule has 6 aromatic rings. The van der Waals surface area contributed by atoms with Gasteiger partial charge in [-0.15, -0.1) is 0 Å². The number of para-hydroxylation sites is 1. The third kappa shape index (κ3) is 5.40. The predicted molar refractivity (Wildman–Crippen MR) is 161 cm³/mol. The molecule has 1 amide bonds. The van der Waals surface area contributed by atoms with E-state index in [4.69, 9.17) is 4.74 Å². The topological polar surface area (TPSA) is 80.6 Å². The highest BCUT2D eigenvalue weighted by Gasteiger charge is 2.20. The third-order valence-corrected chi connectivity index (χ3v) is 7.27. The predicted octanol–water partition coefficient (Wildman–Crippen LogP) is 7.82. The molecule has 0 radical (unpaired) electrons. The zero-order chi connectivity index (χ0) is 28.3. The van der Waals surface area contributed by atoms with E-state index in [0.29, 0.717) is 23.6 Å². The smallest absolute Gasteiger partial charge is 0.335 e. The molecule has 0 aliphatic carbocycles. The van der Waals surface area contributed by atoms with Crippen molar-refractivity contribution < 1.29 is 19.4 Å². The average Bonchev–Trinajstić information content (AvgIpc) is 3.41. The number of benzene rings is 5. The van der Waals surface area contributed by atoms with Gasteiger partial charge >= 0.3 is 5.97 Å². The lowest BCUT2D eigenvalue weighted by Gasteiger charge is -2.17. The van der Waals surface area contributed by atoms with Gasteiger partial charge in [0.05, 0.1) is 22.7 Å². The van der Waals surface area contributed by atoms with E-state index in [-0.39, 0.29) is 17.5 Å². The Labute approximate surface area is 237 Å². The number of carbonyl (C=O) groups is 2. The molecule has 2 N–H and O–H groups in total. The Kier molecular flexibility index (Phi) is 6.96. The van der Waals surface area contributed by atoms with Crippen LogP contribution in [-0.4, -0.2) is 21.6 Å². The number of carboxylic acid groups (broad SMARTS) is 1. The molecule has 1 atom stereocenters. The summed E-state index contributed by atoms with van der Waals surface area (Å²) in [6, 6.07) is 36.1. The van der Waals surface area contributed by atoms with Gasteiger partial charge < -0.3 is 19.7 Å². The van der Waals surface area contributed by atoms with Gasteiger partial charge in [-0.3, -0.25) is 4.79 Å². The molecule has 0 saturated carbocycles. The van der Waals surface area contributed by atoms with E-state index in [1.165, 1.54) is 5.39 Å². The molecular formula is C35H28N2O4. The molecular weight excluding hydrogens is 512 g/mol. The molecule has 1 aromatic heterocycles. The van der Waals surface area contributed by atoms with E-state index < -0.39 is 5.97 Å². The normalized spacial score (nSPS) is 11.8. The van der Waals surface area contributed by atoms with Crippen LogP contribution in [0.2, 0.25) is 0 Å². The molecule has 41 heavy (non-hydrogen) atoms. The number of nitrogens with zero attached hydrogens (tertiary/aromatic N) is 1. The lowest BCUT2D eigenvalue weighted by atomic mass is 10.0. The van der Waals surface area contributed by atoms with E-state index in [0.717, 1.165) is 27.4 Å². The number of rotatable bonds is 8. The first-order valence-electron chi connectivity index (χ1n) is 13.4. The molecule has 0 fully saturated rings. The summed E-state index contributed by atoms with van der Waals surface area (Å²) in [4.78, 5) is 24.9. The minimum Gasteiger partial charge on any atom is -0.478 e. The van der Waals surface area contributed by atoms with Crippen molar-refractivity contribution in [3.63, 3.8) is 0 Å². The molecule has 0 saturated heterocycles. The van der Waals surface area contributed by atoms with Crippen LogP contribution in [0.25, 0.3) is 21.7 Å². The zero-order valence-corrected chi connectivity index (χ0v) is 22.5. The molecule has 0 spiro atoms. The van der Waals surface area contributed by atoms with Gasteiger partial charge in [-0.25, -0.2) is 4.79 Å². The fourth-order valence-electron chi connectivity index (χ4n) is 5.12. The lowest BCUT2D eigenvalue weighted by Crippen LogP contribution is -2.27. The first-order chi connectivity index (χ1) is 20.0. The second kappa shape index (κ2) is 11.0. The molecule has 0 aliphatic rings. The van der Waals surface area contributed by atoms with Crippen LogP contribution in [0.5, 0.6) is 11.5 Å². The SMILES string of the molecule is C[C@H](NC(=O)c1ccc(Oc2ccccc2)c2ccn(Cc3ccc4ccccc4c3)c12)c1ccc(C(=O)O)cc1. The Bertz CT molecular complexity index is 1870. The number of fused-ring (bicyclic) bond motifs is 2. The average molecular weight is 541 g/mol. The number of aromatic carboxylic acids is 1. The first-order valence-corrected chi connectivity index (χ1v) is 13.4. The van der Waals surface area contributed by atoms with Crippen LogP contribution in [-0.2, 0) is 6.54 Å². The molecule has 0 unspecified atom stereocenters. The van der Waals surface area contributed by atoms with Crippen molar-refractivity contribution >= 4 is 33.6 Å². The van der Waals surface area contributed by atoms with Crippen LogP contribution in [0.3, 0.4) is 0 Å². The Balaban J connectivity index is 1.36. The largest absolute Gasteiger partial charge is 0.478 e. The van der Waals surface area contributed by atoms with Crippen molar-refractivity contribution in [2.75, 3.05) is 0 Å². The highest BCUT2D eigenvalue weighted by atomic mass is 16.5. The molecule has 0 aliphatic heterocycles. The second-order valence-electron chi connectivity index (χ2n) is 10.0. The number of carbonyl (C=O) groups excluding carboxylic acids is 1. The van der Waals surface area contributed by atoms with Crippen molar-refractivity contribution in [2.24, 2.45) is 0 Å². The van der Waals surface area contributed by atoms with Crippen molar-refractivity contribution in [2.45, 2.75) is 19.5 Å². The lowest BCUT2D eigenvalue weighted by molar-refractivity contribution is 0.0696. The van der Waals surface area contributed by atoms with Gasteiger partial charge in [0, 0.05) is 18.1 Å². The van der Waals surface area contributed by atoms with Crippen molar-refractivity contribution in [3.8, 4) is 11.5 Å². The zero-order valence-electron chi connectivity index (χ0n) is 22.5. The van der Waals surface area contributed by atoms with Gasteiger partial charge in [-0.05, 0) is 77.4 Å². The Hall–Kier alpha value is -5.36. The summed E-state index contributed by atoms with van der Waals surface area (Å²) in [6.07, 6.45) is 1.99.